The van der Waals surface area contributed by atoms with Crippen molar-refractivity contribution in [2.24, 2.45) is 0 Å². The summed E-state index contributed by atoms with van der Waals surface area (Å²) >= 11 is 0. The number of methoxy groups -OCH3 is 1. The molecule has 0 aliphatic carbocycles. The molecule has 6 heteroatoms. The maximum Gasteiger partial charge on any atom is 0.234 e. The molecule has 1 aliphatic heterocycles. The van der Waals surface area contributed by atoms with Gasteiger partial charge in [0.25, 0.3) is 0 Å². The van der Waals surface area contributed by atoms with Crippen LogP contribution in [0.1, 0.15) is 12.8 Å². The Morgan fingerprint density at radius 2 is 2.18 bits per heavy atom. The van der Waals surface area contributed by atoms with Gasteiger partial charge in [-0.1, -0.05) is 0 Å². The molecule has 0 radical (unpaired) electrons. The van der Waals surface area contributed by atoms with E-state index in [1.165, 1.54) is 0 Å². The topological polar surface area (TPSA) is 79.8 Å². The fourth-order valence-electron chi connectivity index (χ4n) is 1.69. The summed E-state index contributed by atoms with van der Waals surface area (Å²) < 4.78 is 10.00. The molecule has 1 fully saturated rings. The van der Waals surface area contributed by atoms with Crippen molar-refractivity contribution in [1.82, 2.24) is 10.6 Å². The highest BCUT2D eigenvalue weighted by Gasteiger charge is 2.29. The zero-order chi connectivity index (χ0) is 12.6. The number of hydrogen-bond acceptors (Lipinski definition) is 5. The van der Waals surface area contributed by atoms with Gasteiger partial charge in [0.2, 0.25) is 5.91 Å². The SMILES string of the molecule is COCCNC(=O)CNCC1(O)CCOCC1. The highest BCUT2D eigenvalue weighted by atomic mass is 16.5. The number of nitrogens with one attached hydrogen (secondary N) is 2. The van der Waals surface area contributed by atoms with E-state index in [1.807, 2.05) is 0 Å². The smallest absolute Gasteiger partial charge is 0.234 e. The first-order valence-corrected chi connectivity index (χ1v) is 5.93. The van der Waals surface area contributed by atoms with E-state index >= 15 is 0 Å². The molecule has 17 heavy (non-hydrogen) atoms. The van der Waals surface area contributed by atoms with Gasteiger partial charge in [-0.05, 0) is 0 Å². The molecule has 6 nitrogen and oxygen atoms in total. The van der Waals surface area contributed by atoms with E-state index in [1.54, 1.807) is 7.11 Å². The van der Waals surface area contributed by atoms with Gasteiger partial charge < -0.3 is 25.2 Å². The number of amides is 1. The molecular formula is C11H22N2O4. The van der Waals surface area contributed by atoms with Gasteiger partial charge in [-0.3, -0.25) is 4.79 Å². The molecule has 1 heterocycles. The monoisotopic (exact) mass is 246 g/mol. The molecule has 0 atom stereocenters. The van der Waals surface area contributed by atoms with E-state index in [-0.39, 0.29) is 12.5 Å². The quantitative estimate of drug-likeness (QED) is 0.496. The highest BCUT2D eigenvalue weighted by molar-refractivity contribution is 5.77. The zero-order valence-corrected chi connectivity index (χ0v) is 10.3. The lowest BCUT2D eigenvalue weighted by molar-refractivity contribution is -0.120. The highest BCUT2D eigenvalue weighted by Crippen LogP contribution is 2.18. The van der Waals surface area contributed by atoms with Crippen molar-refractivity contribution in [3.63, 3.8) is 0 Å². The maximum atomic E-state index is 11.3. The van der Waals surface area contributed by atoms with Crippen molar-refractivity contribution in [3.05, 3.63) is 0 Å². The van der Waals surface area contributed by atoms with E-state index in [0.717, 1.165) is 0 Å². The molecule has 0 aromatic rings. The van der Waals surface area contributed by atoms with E-state index < -0.39 is 5.60 Å². The van der Waals surface area contributed by atoms with Crippen LogP contribution >= 0.6 is 0 Å². The molecule has 3 N–H and O–H groups in total. The van der Waals surface area contributed by atoms with Gasteiger partial charge in [0.05, 0.1) is 18.8 Å². The summed E-state index contributed by atoms with van der Waals surface area (Å²) in [7, 11) is 1.59. The Hall–Kier alpha value is -0.690. The lowest BCUT2D eigenvalue weighted by Gasteiger charge is -2.32. The molecule has 1 aliphatic rings. The van der Waals surface area contributed by atoms with Crippen LogP contribution in [0.3, 0.4) is 0 Å². The van der Waals surface area contributed by atoms with E-state index in [9.17, 15) is 9.90 Å². The molecule has 100 valence electrons. The number of rotatable bonds is 7. The van der Waals surface area contributed by atoms with E-state index in [2.05, 4.69) is 10.6 Å². The van der Waals surface area contributed by atoms with Gasteiger partial charge in [0.15, 0.2) is 0 Å². The summed E-state index contributed by atoms with van der Waals surface area (Å²) in [5.41, 5.74) is -0.731. The Labute approximate surface area is 102 Å². The van der Waals surface area contributed by atoms with Crippen molar-refractivity contribution < 1.29 is 19.4 Å². The molecule has 1 rings (SSSR count). The number of carbonyl (C=O) groups is 1. The number of carbonyl (C=O) groups excluding carboxylic acids is 1. The number of aliphatic hydroxyl groups is 1. The first-order valence-electron chi connectivity index (χ1n) is 5.93. The van der Waals surface area contributed by atoms with Crippen LogP contribution in [-0.2, 0) is 14.3 Å². The van der Waals surface area contributed by atoms with Gasteiger partial charge in [0, 0.05) is 46.3 Å². The summed E-state index contributed by atoms with van der Waals surface area (Å²) in [5, 5.41) is 15.8. The molecule has 1 saturated heterocycles. The minimum Gasteiger partial charge on any atom is -0.388 e. The molecule has 0 unspecified atom stereocenters. The van der Waals surface area contributed by atoms with E-state index in [0.29, 0.717) is 45.8 Å². The maximum absolute atomic E-state index is 11.3. The summed E-state index contributed by atoms with van der Waals surface area (Å²) in [4.78, 5) is 11.3. The number of ether oxygens (including phenoxy) is 2. The summed E-state index contributed by atoms with van der Waals surface area (Å²) in [6.45, 7) is 2.82. The summed E-state index contributed by atoms with van der Waals surface area (Å²) in [5.74, 6) is -0.0855. The normalized spacial score (nSPS) is 18.9. The average Bonchev–Trinajstić information content (AvgIpc) is 2.30. The molecule has 0 aromatic carbocycles. The lowest BCUT2D eigenvalue weighted by atomic mass is 9.94. The van der Waals surface area contributed by atoms with Crippen molar-refractivity contribution in [2.45, 2.75) is 18.4 Å². The van der Waals surface area contributed by atoms with Crippen LogP contribution < -0.4 is 10.6 Å². The zero-order valence-electron chi connectivity index (χ0n) is 10.3. The number of hydrogen-bond donors (Lipinski definition) is 3. The molecule has 0 spiro atoms. The minimum atomic E-state index is -0.731. The Balaban J connectivity index is 2.07. The van der Waals surface area contributed by atoms with Crippen LogP contribution in [-0.4, -0.2) is 63.2 Å². The van der Waals surface area contributed by atoms with E-state index in [4.69, 9.17) is 9.47 Å². The van der Waals surface area contributed by atoms with Crippen molar-refractivity contribution in [1.29, 1.82) is 0 Å². The first-order chi connectivity index (χ1) is 8.16. The molecule has 1 amide bonds. The lowest BCUT2D eigenvalue weighted by Crippen LogP contribution is -2.47. The van der Waals surface area contributed by atoms with Gasteiger partial charge in [-0.25, -0.2) is 0 Å². The molecule has 0 bridgehead atoms. The molecular weight excluding hydrogens is 224 g/mol. The second kappa shape index (κ2) is 7.60. The summed E-state index contributed by atoms with van der Waals surface area (Å²) in [6.07, 6.45) is 1.23. The predicted octanol–water partition coefficient (Wildman–Crippen LogP) is -1.12. The van der Waals surface area contributed by atoms with Crippen LogP contribution in [0.4, 0.5) is 0 Å². The van der Waals surface area contributed by atoms with Crippen molar-refractivity contribution in [3.8, 4) is 0 Å². The Bertz CT molecular complexity index is 230. The summed E-state index contributed by atoms with van der Waals surface area (Å²) in [6, 6.07) is 0. The van der Waals surface area contributed by atoms with Crippen LogP contribution in [0.2, 0.25) is 0 Å². The van der Waals surface area contributed by atoms with Gasteiger partial charge in [0.1, 0.15) is 0 Å². The van der Waals surface area contributed by atoms with Crippen LogP contribution in [0.25, 0.3) is 0 Å². The largest absolute Gasteiger partial charge is 0.388 e. The van der Waals surface area contributed by atoms with Crippen molar-refractivity contribution in [2.75, 3.05) is 46.6 Å². The fraction of sp³-hybridized carbons (Fsp3) is 0.909. The average molecular weight is 246 g/mol. The third-order valence-corrected chi connectivity index (χ3v) is 2.79. The standard InChI is InChI=1S/C11H22N2O4/c1-16-7-4-13-10(14)8-12-9-11(15)2-5-17-6-3-11/h12,15H,2-9H2,1H3,(H,13,14). The van der Waals surface area contributed by atoms with Gasteiger partial charge in [-0.15, -0.1) is 0 Å². The van der Waals surface area contributed by atoms with Gasteiger partial charge in [-0.2, -0.15) is 0 Å². The Morgan fingerprint density at radius 1 is 1.47 bits per heavy atom. The third-order valence-electron chi connectivity index (χ3n) is 2.79. The van der Waals surface area contributed by atoms with Crippen LogP contribution in [0.5, 0.6) is 0 Å². The third kappa shape index (κ3) is 5.97. The molecule has 0 saturated carbocycles. The first kappa shape index (κ1) is 14.4. The van der Waals surface area contributed by atoms with Crippen LogP contribution in [0.15, 0.2) is 0 Å². The Kier molecular flexibility index (Phi) is 6.43. The second-order valence-electron chi connectivity index (χ2n) is 4.28. The van der Waals surface area contributed by atoms with Crippen molar-refractivity contribution >= 4 is 5.91 Å². The fourth-order valence-corrected chi connectivity index (χ4v) is 1.69. The minimum absolute atomic E-state index is 0.0855. The molecule has 0 aromatic heterocycles. The second-order valence-corrected chi connectivity index (χ2v) is 4.28. The Morgan fingerprint density at radius 3 is 2.82 bits per heavy atom. The van der Waals surface area contributed by atoms with Gasteiger partial charge >= 0.3 is 0 Å². The predicted molar refractivity (Wildman–Crippen MR) is 62.8 cm³/mol. The van der Waals surface area contributed by atoms with Crippen LogP contribution in [0, 0.1) is 0 Å².